The van der Waals surface area contributed by atoms with Crippen molar-refractivity contribution in [2.24, 2.45) is 0 Å². The Hall–Kier alpha value is -4.41. The van der Waals surface area contributed by atoms with Crippen molar-refractivity contribution in [1.82, 2.24) is 24.6 Å². The van der Waals surface area contributed by atoms with Crippen LogP contribution in [0.2, 0.25) is 5.02 Å². The number of ether oxygens (including phenoxy) is 2. The first-order valence-corrected chi connectivity index (χ1v) is 13.1. The van der Waals surface area contributed by atoms with Crippen molar-refractivity contribution in [3.05, 3.63) is 107 Å². The van der Waals surface area contributed by atoms with Gasteiger partial charge in [-0.3, -0.25) is 9.58 Å². The minimum Gasteiger partial charge on any atom is -0.491 e. The molecule has 9 nitrogen and oxygen atoms in total. The molecule has 1 aliphatic heterocycles. The van der Waals surface area contributed by atoms with Gasteiger partial charge in [0.2, 0.25) is 0 Å². The quantitative estimate of drug-likeness (QED) is 0.285. The van der Waals surface area contributed by atoms with Crippen molar-refractivity contribution in [2.45, 2.75) is 25.1 Å². The highest BCUT2D eigenvalue weighted by Gasteiger charge is 2.35. The Morgan fingerprint density at radius 2 is 1.90 bits per heavy atom. The minimum atomic E-state index is -0.767. The number of rotatable bonds is 7. The van der Waals surface area contributed by atoms with E-state index in [0.717, 1.165) is 27.7 Å². The molecule has 11 heteroatoms. The number of hydrogen-bond acceptors (Lipinski definition) is 6. The summed E-state index contributed by atoms with van der Waals surface area (Å²) in [5.41, 5.74) is 3.72. The second-order valence-electron chi connectivity index (χ2n) is 9.53. The first kappa shape index (κ1) is 25.8. The molecule has 0 saturated carbocycles. The molecule has 5 aromatic rings. The van der Waals surface area contributed by atoms with Crippen molar-refractivity contribution in [3.8, 4) is 11.5 Å². The lowest BCUT2D eigenvalue weighted by Crippen LogP contribution is -2.42. The first-order chi connectivity index (χ1) is 19.4. The van der Waals surface area contributed by atoms with Crippen LogP contribution in [0, 0.1) is 5.82 Å². The molecule has 6 rings (SSSR count). The Kier molecular flexibility index (Phi) is 7.10. The molecular formula is C29H25ClFN5O4. The van der Waals surface area contributed by atoms with Gasteiger partial charge in [0.25, 0.3) is 0 Å². The van der Waals surface area contributed by atoms with Crippen molar-refractivity contribution in [3.63, 3.8) is 0 Å². The van der Waals surface area contributed by atoms with Crippen molar-refractivity contribution in [1.29, 1.82) is 0 Å². The maximum Gasteiger partial charge on any atom is 0.416 e. The molecule has 0 aliphatic carbocycles. The fourth-order valence-electron chi connectivity index (χ4n) is 5.00. The topological polar surface area (TPSA) is 106 Å². The summed E-state index contributed by atoms with van der Waals surface area (Å²) in [5.74, 6) is 0.416. The zero-order valence-corrected chi connectivity index (χ0v) is 22.0. The van der Waals surface area contributed by atoms with Crippen LogP contribution in [0.3, 0.4) is 0 Å². The van der Waals surface area contributed by atoms with E-state index in [1.165, 1.54) is 41.6 Å². The SMILES string of the molecule is O=C(Oc1ccc(F)cc1)N1CCc2c([nH]c3ccc(Cl)cc23)C1c1ccc(OCC(O)Cn2cncn2)cc1. The minimum absolute atomic E-state index is 0.0751. The fraction of sp³-hybridized carbons (Fsp3) is 0.207. The number of benzene rings is 3. The van der Waals surface area contributed by atoms with Crippen LogP contribution >= 0.6 is 11.6 Å². The lowest BCUT2D eigenvalue weighted by Gasteiger charge is -2.35. The third-order valence-corrected chi connectivity index (χ3v) is 7.08. The monoisotopic (exact) mass is 561 g/mol. The highest BCUT2D eigenvalue weighted by atomic mass is 35.5. The summed E-state index contributed by atoms with van der Waals surface area (Å²) in [6.45, 7) is 0.744. The summed E-state index contributed by atoms with van der Waals surface area (Å²) in [4.78, 5) is 22.4. The molecule has 2 aromatic heterocycles. The smallest absolute Gasteiger partial charge is 0.416 e. The van der Waals surface area contributed by atoms with Gasteiger partial charge < -0.3 is 19.6 Å². The van der Waals surface area contributed by atoms with E-state index in [1.54, 1.807) is 17.0 Å². The molecule has 0 spiro atoms. The number of carbonyl (C=O) groups is 1. The van der Waals surface area contributed by atoms with E-state index in [2.05, 4.69) is 15.1 Å². The molecule has 0 saturated heterocycles. The van der Waals surface area contributed by atoms with Crippen LogP contribution in [0.4, 0.5) is 9.18 Å². The number of fused-ring (bicyclic) bond motifs is 3. The molecule has 1 amide bonds. The molecule has 3 aromatic carbocycles. The standard InChI is InChI=1S/C29H25ClFN5O4/c30-19-3-10-26-25(13-19)24-11-12-36(29(38)40-23-8-4-20(31)5-9-23)28(27(24)34-26)18-1-6-22(7-2-18)39-15-21(37)14-35-17-32-16-33-35/h1-10,13,16-17,21,28,34,37H,11-12,14-15H2. The molecule has 2 unspecified atom stereocenters. The Bertz CT molecular complexity index is 1620. The average molecular weight is 562 g/mol. The molecule has 3 heterocycles. The van der Waals surface area contributed by atoms with Gasteiger partial charge in [-0.15, -0.1) is 0 Å². The number of nitrogens with zero attached hydrogens (tertiary/aromatic N) is 4. The largest absolute Gasteiger partial charge is 0.491 e. The van der Waals surface area contributed by atoms with Crippen LogP contribution in [0.25, 0.3) is 10.9 Å². The second kappa shape index (κ2) is 11.0. The molecular weight excluding hydrogens is 537 g/mol. The van der Waals surface area contributed by atoms with Crippen LogP contribution in [0.15, 0.2) is 79.4 Å². The molecule has 0 bridgehead atoms. The zero-order chi connectivity index (χ0) is 27.6. The third-order valence-electron chi connectivity index (χ3n) is 6.84. The highest BCUT2D eigenvalue weighted by Crippen LogP contribution is 2.40. The van der Waals surface area contributed by atoms with Gasteiger partial charge in [-0.25, -0.2) is 14.2 Å². The Morgan fingerprint density at radius 1 is 1.12 bits per heavy atom. The van der Waals surface area contributed by atoms with E-state index >= 15 is 0 Å². The predicted octanol–water partition coefficient (Wildman–Crippen LogP) is 5.14. The number of aliphatic hydroxyl groups is 1. The van der Waals surface area contributed by atoms with Crippen LogP contribution < -0.4 is 9.47 Å². The Morgan fingerprint density at radius 3 is 2.65 bits per heavy atom. The lowest BCUT2D eigenvalue weighted by atomic mass is 9.92. The third kappa shape index (κ3) is 5.36. The zero-order valence-electron chi connectivity index (χ0n) is 21.2. The summed E-state index contributed by atoms with van der Waals surface area (Å²) < 4.78 is 26.3. The van der Waals surface area contributed by atoms with Gasteiger partial charge in [0.05, 0.1) is 6.54 Å². The van der Waals surface area contributed by atoms with E-state index < -0.39 is 24.1 Å². The van der Waals surface area contributed by atoms with E-state index in [4.69, 9.17) is 21.1 Å². The summed E-state index contributed by atoms with van der Waals surface area (Å²) >= 11 is 6.30. The number of aliphatic hydroxyl groups excluding tert-OH is 1. The van der Waals surface area contributed by atoms with Crippen molar-refractivity contribution >= 4 is 28.6 Å². The van der Waals surface area contributed by atoms with Gasteiger partial charge in [-0.05, 0) is 72.1 Å². The van der Waals surface area contributed by atoms with Crippen molar-refractivity contribution in [2.75, 3.05) is 13.2 Å². The summed E-state index contributed by atoms with van der Waals surface area (Å²) in [6.07, 6.45) is 2.23. The van der Waals surface area contributed by atoms with Crippen LogP contribution in [0.5, 0.6) is 11.5 Å². The van der Waals surface area contributed by atoms with Crippen LogP contribution in [-0.2, 0) is 13.0 Å². The first-order valence-electron chi connectivity index (χ1n) is 12.7. The fourth-order valence-corrected chi connectivity index (χ4v) is 5.17. The maximum absolute atomic E-state index is 13.4. The summed E-state index contributed by atoms with van der Waals surface area (Å²) in [6, 6.07) is 17.9. The molecule has 0 radical (unpaired) electrons. The van der Waals surface area contributed by atoms with E-state index in [-0.39, 0.29) is 18.9 Å². The van der Waals surface area contributed by atoms with Gasteiger partial charge >= 0.3 is 6.09 Å². The highest BCUT2D eigenvalue weighted by molar-refractivity contribution is 6.31. The molecule has 1 aliphatic rings. The van der Waals surface area contributed by atoms with Gasteiger partial charge in [0, 0.05) is 28.2 Å². The van der Waals surface area contributed by atoms with Crippen LogP contribution in [0.1, 0.15) is 22.9 Å². The average Bonchev–Trinajstić information content (AvgIpc) is 3.60. The molecule has 204 valence electrons. The number of hydrogen-bond donors (Lipinski definition) is 2. The van der Waals surface area contributed by atoms with E-state index in [1.807, 2.05) is 30.3 Å². The van der Waals surface area contributed by atoms with E-state index in [0.29, 0.717) is 23.7 Å². The predicted molar refractivity (Wildman–Crippen MR) is 146 cm³/mol. The second-order valence-corrected chi connectivity index (χ2v) is 9.96. The number of nitrogens with one attached hydrogen (secondary N) is 1. The number of aromatic amines is 1. The molecule has 2 atom stereocenters. The normalized spacial score (nSPS) is 15.6. The summed E-state index contributed by atoms with van der Waals surface area (Å²) in [7, 11) is 0. The number of amides is 1. The van der Waals surface area contributed by atoms with Gasteiger partial charge in [0.1, 0.15) is 48.7 Å². The van der Waals surface area contributed by atoms with E-state index in [9.17, 15) is 14.3 Å². The van der Waals surface area contributed by atoms with Crippen LogP contribution in [-0.4, -0.2) is 55.1 Å². The van der Waals surface area contributed by atoms with Gasteiger partial charge in [-0.2, -0.15) is 5.10 Å². The number of H-pyrrole nitrogens is 1. The summed E-state index contributed by atoms with van der Waals surface area (Å²) in [5, 5.41) is 15.9. The molecule has 2 N–H and O–H groups in total. The Balaban J connectivity index is 1.27. The number of halogens is 2. The van der Waals surface area contributed by atoms with Crippen molar-refractivity contribution < 1.29 is 23.8 Å². The maximum atomic E-state index is 13.4. The molecule has 40 heavy (non-hydrogen) atoms. The van der Waals surface area contributed by atoms with Gasteiger partial charge in [0.15, 0.2) is 0 Å². The number of aromatic nitrogens is 4. The number of carbonyl (C=O) groups excluding carboxylic acids is 1. The Labute approximate surface area is 233 Å². The lowest BCUT2D eigenvalue weighted by molar-refractivity contribution is 0.0892. The van der Waals surface area contributed by atoms with Gasteiger partial charge in [-0.1, -0.05) is 23.7 Å². The molecule has 0 fully saturated rings.